The van der Waals surface area contributed by atoms with E-state index >= 15 is 0 Å². The zero-order valence-corrected chi connectivity index (χ0v) is 13.6. The van der Waals surface area contributed by atoms with E-state index in [1.165, 1.54) is 18.2 Å². The number of amides is 2. The first-order chi connectivity index (χ1) is 11.0. The third-order valence-electron chi connectivity index (χ3n) is 4.12. The van der Waals surface area contributed by atoms with Gasteiger partial charge in [0.2, 0.25) is 0 Å². The van der Waals surface area contributed by atoms with Gasteiger partial charge >= 0.3 is 0 Å². The fraction of sp³-hybridized carbons (Fsp3) is 0.222. The number of hydrogen-bond acceptors (Lipinski definition) is 2. The lowest BCUT2D eigenvalue weighted by molar-refractivity contribution is 0.0925. The van der Waals surface area contributed by atoms with Crippen molar-refractivity contribution < 1.29 is 14.0 Å². The minimum atomic E-state index is -0.456. The normalized spacial score (nSPS) is 13.7. The number of nitrogens with zero attached hydrogens (tertiary/aromatic N) is 1. The fourth-order valence-corrected chi connectivity index (χ4v) is 3.15. The summed E-state index contributed by atoms with van der Waals surface area (Å²) in [5.41, 5.74) is 2.08. The van der Waals surface area contributed by atoms with E-state index in [2.05, 4.69) is 0 Å². The van der Waals surface area contributed by atoms with Gasteiger partial charge in [-0.25, -0.2) is 9.29 Å². The number of carbonyl (C=O) groups is 2. The Morgan fingerprint density at radius 2 is 1.70 bits per heavy atom. The van der Waals surface area contributed by atoms with E-state index in [0.717, 1.165) is 10.5 Å². The maximum atomic E-state index is 14.2. The highest BCUT2D eigenvalue weighted by atomic mass is 35.5. The van der Waals surface area contributed by atoms with Crippen LogP contribution in [0.25, 0.3) is 0 Å². The quantitative estimate of drug-likeness (QED) is 0.781. The second-order valence-electron chi connectivity index (χ2n) is 5.38. The first kappa shape index (κ1) is 15.7. The molecule has 0 saturated heterocycles. The molecule has 0 unspecified atom stereocenters. The number of rotatable bonds is 3. The molecular weight excluding hydrogens is 317 g/mol. The summed E-state index contributed by atoms with van der Waals surface area (Å²) in [6.07, 6.45) is 0.986. The summed E-state index contributed by atoms with van der Waals surface area (Å²) in [7, 11) is 0. The molecule has 0 aliphatic carbocycles. The maximum Gasteiger partial charge on any atom is 0.266 e. The van der Waals surface area contributed by atoms with Crippen LogP contribution < -0.4 is 4.90 Å². The van der Waals surface area contributed by atoms with Crippen molar-refractivity contribution in [3.8, 4) is 0 Å². The summed E-state index contributed by atoms with van der Waals surface area (Å²) >= 11 is 5.93. The van der Waals surface area contributed by atoms with Crippen LogP contribution in [0.5, 0.6) is 0 Å². The Balaban J connectivity index is 2.23. The third-order valence-corrected chi connectivity index (χ3v) is 4.35. The van der Waals surface area contributed by atoms with E-state index in [4.69, 9.17) is 11.6 Å². The standard InChI is InChI=1S/C18H15ClFNO2/c1-3-10-5-8-15(20)12(4-2)16(10)21-17(22)13-7-6-11(19)9-14(13)18(21)23/h5-9H,3-4H2,1-2H3. The molecule has 3 rings (SSSR count). The van der Waals surface area contributed by atoms with Crippen molar-refractivity contribution in [3.63, 3.8) is 0 Å². The van der Waals surface area contributed by atoms with E-state index in [1.54, 1.807) is 19.1 Å². The molecule has 0 saturated carbocycles. The number of aryl methyl sites for hydroxylation is 1. The zero-order valence-electron chi connectivity index (χ0n) is 12.8. The van der Waals surface area contributed by atoms with E-state index in [0.29, 0.717) is 34.7 Å². The van der Waals surface area contributed by atoms with Crippen LogP contribution in [0.1, 0.15) is 45.7 Å². The van der Waals surface area contributed by atoms with Gasteiger partial charge in [-0.3, -0.25) is 9.59 Å². The topological polar surface area (TPSA) is 37.4 Å². The Labute approximate surface area is 138 Å². The minimum absolute atomic E-state index is 0.260. The molecule has 23 heavy (non-hydrogen) atoms. The van der Waals surface area contributed by atoms with Gasteiger partial charge in [0, 0.05) is 10.6 Å². The van der Waals surface area contributed by atoms with Crippen molar-refractivity contribution in [2.75, 3.05) is 4.90 Å². The monoisotopic (exact) mass is 331 g/mol. The van der Waals surface area contributed by atoms with Crippen LogP contribution >= 0.6 is 11.6 Å². The second kappa shape index (κ2) is 5.78. The van der Waals surface area contributed by atoms with Crippen molar-refractivity contribution in [1.82, 2.24) is 0 Å². The van der Waals surface area contributed by atoms with Gasteiger partial charge in [-0.15, -0.1) is 0 Å². The summed E-state index contributed by atoms with van der Waals surface area (Å²) in [6, 6.07) is 7.60. The predicted octanol–water partition coefficient (Wildman–Crippen LogP) is 4.40. The minimum Gasteiger partial charge on any atom is -0.268 e. The van der Waals surface area contributed by atoms with Crippen LogP contribution in [0.4, 0.5) is 10.1 Å². The van der Waals surface area contributed by atoms with Crippen LogP contribution in [-0.4, -0.2) is 11.8 Å². The van der Waals surface area contributed by atoms with Crippen molar-refractivity contribution in [1.29, 1.82) is 0 Å². The number of fused-ring (bicyclic) bond motifs is 1. The van der Waals surface area contributed by atoms with Crippen molar-refractivity contribution in [2.45, 2.75) is 26.7 Å². The van der Waals surface area contributed by atoms with E-state index in [1.807, 2.05) is 6.92 Å². The molecule has 2 aromatic carbocycles. The highest BCUT2D eigenvalue weighted by molar-refractivity contribution is 6.37. The first-order valence-corrected chi connectivity index (χ1v) is 7.86. The van der Waals surface area contributed by atoms with Gasteiger partial charge in [-0.2, -0.15) is 0 Å². The number of benzene rings is 2. The number of halogens is 2. The van der Waals surface area contributed by atoms with Gasteiger partial charge < -0.3 is 0 Å². The van der Waals surface area contributed by atoms with Crippen molar-refractivity contribution in [3.05, 3.63) is 63.4 Å². The molecule has 3 nitrogen and oxygen atoms in total. The van der Waals surface area contributed by atoms with Crippen molar-refractivity contribution in [2.24, 2.45) is 0 Å². The van der Waals surface area contributed by atoms with Crippen LogP contribution in [-0.2, 0) is 12.8 Å². The molecule has 0 fully saturated rings. The van der Waals surface area contributed by atoms with Gasteiger partial charge in [-0.1, -0.05) is 31.5 Å². The van der Waals surface area contributed by atoms with Gasteiger partial charge in [0.1, 0.15) is 5.82 Å². The molecule has 2 amide bonds. The summed E-state index contributed by atoms with van der Waals surface area (Å²) in [6.45, 7) is 3.71. The van der Waals surface area contributed by atoms with Crippen LogP contribution in [0.15, 0.2) is 30.3 Å². The van der Waals surface area contributed by atoms with Gasteiger partial charge in [0.15, 0.2) is 0 Å². The van der Waals surface area contributed by atoms with E-state index in [9.17, 15) is 14.0 Å². The molecule has 2 aromatic rings. The first-order valence-electron chi connectivity index (χ1n) is 7.48. The Bertz CT molecular complexity index is 832. The van der Waals surface area contributed by atoms with Crippen LogP contribution in [0.3, 0.4) is 0 Å². The molecule has 0 radical (unpaired) electrons. The number of anilines is 1. The molecule has 0 aromatic heterocycles. The molecule has 0 atom stereocenters. The number of carbonyl (C=O) groups excluding carboxylic acids is 2. The molecule has 0 N–H and O–H groups in total. The second-order valence-corrected chi connectivity index (χ2v) is 5.81. The fourth-order valence-electron chi connectivity index (χ4n) is 2.98. The van der Waals surface area contributed by atoms with Gasteiger partial charge in [-0.05, 0) is 42.7 Å². The largest absolute Gasteiger partial charge is 0.268 e. The molecule has 0 bridgehead atoms. The summed E-state index contributed by atoms with van der Waals surface area (Å²) in [5.74, 6) is -1.30. The molecule has 1 heterocycles. The Hall–Kier alpha value is -2.20. The molecule has 1 aliphatic rings. The average molecular weight is 332 g/mol. The summed E-state index contributed by atoms with van der Waals surface area (Å²) in [4.78, 5) is 26.5. The lowest BCUT2D eigenvalue weighted by Crippen LogP contribution is -2.31. The SMILES string of the molecule is CCc1ccc(F)c(CC)c1N1C(=O)c2ccc(Cl)cc2C1=O. The Morgan fingerprint density at radius 3 is 2.35 bits per heavy atom. The number of imide groups is 1. The van der Waals surface area contributed by atoms with E-state index in [-0.39, 0.29) is 5.56 Å². The Kier molecular flexibility index (Phi) is 3.94. The molecule has 118 valence electrons. The highest BCUT2D eigenvalue weighted by Crippen LogP contribution is 2.36. The average Bonchev–Trinajstić information content (AvgIpc) is 2.78. The summed E-state index contributed by atoms with van der Waals surface area (Å²) in [5, 5.41) is 0.387. The summed E-state index contributed by atoms with van der Waals surface area (Å²) < 4.78 is 14.2. The van der Waals surface area contributed by atoms with Crippen molar-refractivity contribution >= 4 is 29.1 Å². The maximum absolute atomic E-state index is 14.2. The van der Waals surface area contributed by atoms with Crippen LogP contribution in [0.2, 0.25) is 5.02 Å². The molecule has 1 aliphatic heterocycles. The Morgan fingerprint density at radius 1 is 1.00 bits per heavy atom. The van der Waals surface area contributed by atoms with Gasteiger partial charge in [0.25, 0.3) is 11.8 Å². The van der Waals surface area contributed by atoms with Gasteiger partial charge in [0.05, 0.1) is 16.8 Å². The predicted molar refractivity (Wildman–Crippen MR) is 87.7 cm³/mol. The molecular formula is C18H15ClFNO2. The smallest absolute Gasteiger partial charge is 0.266 e. The zero-order chi connectivity index (χ0) is 16.7. The lowest BCUT2D eigenvalue weighted by atomic mass is 10.0. The molecule has 0 spiro atoms. The van der Waals surface area contributed by atoms with Crippen LogP contribution in [0, 0.1) is 5.82 Å². The third kappa shape index (κ3) is 2.34. The highest BCUT2D eigenvalue weighted by Gasteiger charge is 2.39. The lowest BCUT2D eigenvalue weighted by Gasteiger charge is -2.21. The number of hydrogen-bond donors (Lipinski definition) is 0. The molecule has 5 heteroatoms. The van der Waals surface area contributed by atoms with E-state index < -0.39 is 17.6 Å².